The number of aryl methyl sites for hydroxylation is 4. The third-order valence-electron chi connectivity index (χ3n) is 3.12. The van der Waals surface area contributed by atoms with Crippen molar-refractivity contribution >= 4 is 0 Å². The second kappa shape index (κ2) is 4.33. The predicted octanol–water partition coefficient (Wildman–Crippen LogP) is 4.73. The molecule has 0 heterocycles. The maximum atomic E-state index is 13.3. The summed E-state index contributed by atoms with van der Waals surface area (Å²) in [5.41, 5.74) is 6.77. The quantitative estimate of drug-likeness (QED) is 0.662. The zero-order chi connectivity index (χ0) is 12.6. The van der Waals surface area contributed by atoms with Gasteiger partial charge in [-0.25, -0.2) is 4.39 Å². The zero-order valence-electron chi connectivity index (χ0n) is 10.8. The first kappa shape index (κ1) is 11.8. The van der Waals surface area contributed by atoms with E-state index in [2.05, 4.69) is 32.9 Å². The van der Waals surface area contributed by atoms with Gasteiger partial charge in [-0.15, -0.1) is 0 Å². The van der Waals surface area contributed by atoms with E-state index in [9.17, 15) is 4.39 Å². The lowest BCUT2D eigenvalue weighted by Gasteiger charge is -2.12. The van der Waals surface area contributed by atoms with Gasteiger partial charge in [-0.05, 0) is 67.6 Å². The molecule has 0 spiro atoms. The monoisotopic (exact) mass is 228 g/mol. The standard InChI is InChI=1S/C16H17F/c1-10-7-12(3)16(13(4)8-10)14-5-6-15(17)11(2)9-14/h5-9H,1-4H3. The molecule has 2 aromatic carbocycles. The first-order chi connectivity index (χ1) is 7.99. The van der Waals surface area contributed by atoms with Crippen LogP contribution in [0.15, 0.2) is 30.3 Å². The Bertz CT molecular complexity index is 545. The molecule has 0 aliphatic carbocycles. The van der Waals surface area contributed by atoms with Crippen LogP contribution in [0.25, 0.3) is 11.1 Å². The van der Waals surface area contributed by atoms with Crippen molar-refractivity contribution in [2.24, 2.45) is 0 Å². The summed E-state index contributed by atoms with van der Waals surface area (Å²) < 4.78 is 13.3. The van der Waals surface area contributed by atoms with Crippen LogP contribution >= 0.6 is 0 Å². The van der Waals surface area contributed by atoms with Gasteiger partial charge >= 0.3 is 0 Å². The topological polar surface area (TPSA) is 0 Å². The van der Waals surface area contributed by atoms with E-state index in [1.165, 1.54) is 22.3 Å². The van der Waals surface area contributed by atoms with Crippen LogP contribution in [-0.4, -0.2) is 0 Å². The molecule has 0 aromatic heterocycles. The van der Waals surface area contributed by atoms with Crippen LogP contribution in [0.3, 0.4) is 0 Å². The minimum atomic E-state index is -0.142. The zero-order valence-corrected chi connectivity index (χ0v) is 10.8. The second-order valence-corrected chi connectivity index (χ2v) is 4.74. The summed E-state index contributed by atoms with van der Waals surface area (Å²) in [7, 11) is 0. The molecule has 17 heavy (non-hydrogen) atoms. The van der Waals surface area contributed by atoms with E-state index < -0.39 is 0 Å². The van der Waals surface area contributed by atoms with Crippen LogP contribution in [0.1, 0.15) is 22.3 Å². The number of hydrogen-bond acceptors (Lipinski definition) is 0. The number of hydrogen-bond donors (Lipinski definition) is 0. The fourth-order valence-electron chi connectivity index (χ4n) is 2.44. The van der Waals surface area contributed by atoms with Crippen LogP contribution < -0.4 is 0 Å². The summed E-state index contributed by atoms with van der Waals surface area (Å²) in [5, 5.41) is 0. The van der Waals surface area contributed by atoms with Crippen molar-refractivity contribution in [3.63, 3.8) is 0 Å². The molecule has 0 amide bonds. The predicted molar refractivity (Wildman–Crippen MR) is 70.8 cm³/mol. The molecular weight excluding hydrogens is 211 g/mol. The number of rotatable bonds is 1. The summed E-state index contributed by atoms with van der Waals surface area (Å²) in [6.45, 7) is 8.11. The first-order valence-electron chi connectivity index (χ1n) is 5.83. The molecule has 0 fully saturated rings. The van der Waals surface area contributed by atoms with Gasteiger partial charge in [0.1, 0.15) is 5.82 Å². The molecule has 0 unspecified atom stereocenters. The van der Waals surface area contributed by atoms with Crippen molar-refractivity contribution in [3.8, 4) is 11.1 Å². The molecule has 2 rings (SSSR count). The summed E-state index contributed by atoms with van der Waals surface area (Å²) in [4.78, 5) is 0. The third kappa shape index (κ3) is 2.23. The SMILES string of the molecule is Cc1cc(C)c(-c2ccc(F)c(C)c2)c(C)c1. The Labute approximate surface area is 102 Å². The van der Waals surface area contributed by atoms with Gasteiger partial charge in [0, 0.05) is 0 Å². The Balaban J connectivity index is 2.64. The van der Waals surface area contributed by atoms with Gasteiger partial charge in [0.25, 0.3) is 0 Å². The van der Waals surface area contributed by atoms with Gasteiger partial charge in [0.15, 0.2) is 0 Å². The smallest absolute Gasteiger partial charge is 0.126 e. The number of benzene rings is 2. The van der Waals surface area contributed by atoms with Crippen molar-refractivity contribution in [1.29, 1.82) is 0 Å². The Kier molecular flexibility index (Phi) is 3.01. The molecule has 0 nitrogen and oxygen atoms in total. The normalized spacial score (nSPS) is 10.6. The molecule has 0 radical (unpaired) electrons. The number of halogens is 1. The Morgan fingerprint density at radius 1 is 0.765 bits per heavy atom. The average molecular weight is 228 g/mol. The van der Waals surface area contributed by atoms with Crippen LogP contribution in [0.5, 0.6) is 0 Å². The van der Waals surface area contributed by atoms with Gasteiger partial charge in [0.2, 0.25) is 0 Å². The minimum absolute atomic E-state index is 0.142. The van der Waals surface area contributed by atoms with Crippen LogP contribution in [0.4, 0.5) is 4.39 Å². The molecule has 0 N–H and O–H groups in total. The lowest BCUT2D eigenvalue weighted by Crippen LogP contribution is -1.91. The Hall–Kier alpha value is -1.63. The van der Waals surface area contributed by atoms with Gasteiger partial charge in [0.05, 0.1) is 0 Å². The van der Waals surface area contributed by atoms with E-state index >= 15 is 0 Å². The largest absolute Gasteiger partial charge is 0.207 e. The minimum Gasteiger partial charge on any atom is -0.207 e. The fourth-order valence-corrected chi connectivity index (χ4v) is 2.44. The highest BCUT2D eigenvalue weighted by molar-refractivity contribution is 5.71. The van der Waals surface area contributed by atoms with Crippen LogP contribution in [-0.2, 0) is 0 Å². The van der Waals surface area contributed by atoms with Crippen molar-refractivity contribution in [2.45, 2.75) is 27.7 Å². The highest BCUT2D eigenvalue weighted by Crippen LogP contribution is 2.29. The van der Waals surface area contributed by atoms with Crippen molar-refractivity contribution in [2.75, 3.05) is 0 Å². The molecule has 0 saturated carbocycles. The summed E-state index contributed by atoms with van der Waals surface area (Å²) in [6.07, 6.45) is 0. The van der Waals surface area contributed by atoms with E-state index in [1.54, 1.807) is 13.0 Å². The maximum absolute atomic E-state index is 13.3. The Morgan fingerprint density at radius 3 is 1.88 bits per heavy atom. The summed E-state index contributed by atoms with van der Waals surface area (Å²) in [5.74, 6) is -0.142. The molecule has 2 aromatic rings. The van der Waals surface area contributed by atoms with E-state index in [4.69, 9.17) is 0 Å². The molecule has 0 aliphatic heterocycles. The fraction of sp³-hybridized carbons (Fsp3) is 0.250. The van der Waals surface area contributed by atoms with E-state index in [1.807, 2.05) is 12.1 Å². The molecule has 1 heteroatoms. The molecule has 88 valence electrons. The van der Waals surface area contributed by atoms with E-state index in [0.29, 0.717) is 5.56 Å². The Morgan fingerprint density at radius 2 is 1.35 bits per heavy atom. The van der Waals surface area contributed by atoms with Crippen LogP contribution in [0.2, 0.25) is 0 Å². The highest BCUT2D eigenvalue weighted by Gasteiger charge is 2.08. The van der Waals surface area contributed by atoms with Gasteiger partial charge in [-0.1, -0.05) is 23.8 Å². The molecule has 0 bridgehead atoms. The van der Waals surface area contributed by atoms with Gasteiger partial charge in [-0.2, -0.15) is 0 Å². The van der Waals surface area contributed by atoms with E-state index in [-0.39, 0.29) is 5.82 Å². The second-order valence-electron chi connectivity index (χ2n) is 4.74. The third-order valence-corrected chi connectivity index (χ3v) is 3.12. The van der Waals surface area contributed by atoms with Crippen LogP contribution in [0, 0.1) is 33.5 Å². The molecule has 0 saturated heterocycles. The lowest BCUT2D eigenvalue weighted by molar-refractivity contribution is 0.619. The van der Waals surface area contributed by atoms with Gasteiger partial charge < -0.3 is 0 Å². The molecule has 0 atom stereocenters. The maximum Gasteiger partial charge on any atom is 0.126 e. The lowest BCUT2D eigenvalue weighted by atomic mass is 9.93. The summed E-state index contributed by atoms with van der Waals surface area (Å²) in [6, 6.07) is 9.65. The highest BCUT2D eigenvalue weighted by atomic mass is 19.1. The first-order valence-corrected chi connectivity index (χ1v) is 5.83. The molecular formula is C16H17F. The van der Waals surface area contributed by atoms with E-state index in [0.717, 1.165) is 5.56 Å². The van der Waals surface area contributed by atoms with Crippen molar-refractivity contribution in [1.82, 2.24) is 0 Å². The van der Waals surface area contributed by atoms with Gasteiger partial charge in [-0.3, -0.25) is 0 Å². The summed E-state index contributed by atoms with van der Waals surface area (Å²) >= 11 is 0. The average Bonchev–Trinajstić information content (AvgIpc) is 2.21. The molecule has 0 aliphatic rings. The van der Waals surface area contributed by atoms with Crippen molar-refractivity contribution in [3.05, 3.63) is 58.4 Å². The van der Waals surface area contributed by atoms with Crippen molar-refractivity contribution < 1.29 is 4.39 Å².